The molecule has 126 valence electrons. The summed E-state index contributed by atoms with van der Waals surface area (Å²) in [5.74, 6) is -1.28. The Bertz CT molecular complexity index is 737. The van der Waals surface area contributed by atoms with Crippen LogP contribution < -0.4 is 11.1 Å². The van der Waals surface area contributed by atoms with E-state index in [1.54, 1.807) is 18.2 Å². The zero-order valence-corrected chi connectivity index (χ0v) is 13.1. The second kappa shape index (κ2) is 6.82. The van der Waals surface area contributed by atoms with Crippen LogP contribution in [0.3, 0.4) is 0 Å². The van der Waals surface area contributed by atoms with E-state index in [9.17, 15) is 14.0 Å². The largest absolute Gasteiger partial charge is 0.369 e. The zero-order valence-electron chi connectivity index (χ0n) is 13.1. The quantitative estimate of drug-likeness (QED) is 0.717. The minimum atomic E-state index is -0.568. The molecule has 0 unspecified atom stereocenters. The molecule has 24 heavy (non-hydrogen) atoms. The Morgan fingerprint density at radius 1 is 1.33 bits per heavy atom. The van der Waals surface area contributed by atoms with Crippen LogP contribution in [0.5, 0.6) is 0 Å². The van der Waals surface area contributed by atoms with Crippen LogP contribution in [0.2, 0.25) is 0 Å². The molecular weight excluding hydrogens is 311 g/mol. The van der Waals surface area contributed by atoms with Gasteiger partial charge in [0.1, 0.15) is 11.5 Å². The van der Waals surface area contributed by atoms with Crippen molar-refractivity contribution < 1.29 is 14.0 Å². The van der Waals surface area contributed by atoms with Gasteiger partial charge in [-0.15, -0.1) is 0 Å². The molecule has 1 fully saturated rings. The standard InChI is InChI=1S/C17H19FN4O2/c18-13-5-1-10(2-6-13)7-12(16(19)23)9-20-17(24)15-8-14(21-22-15)11-3-4-11/h1-2,5-6,8,11-12H,3-4,7,9H2,(H2,19,23)(H,20,24)(H,21,22)/t12-/m0/s1. The van der Waals surface area contributed by atoms with Crippen LogP contribution in [0.1, 0.15) is 40.5 Å². The molecule has 0 saturated heterocycles. The summed E-state index contributed by atoms with van der Waals surface area (Å²) in [5, 5.41) is 9.55. The van der Waals surface area contributed by atoms with Gasteiger partial charge in [0.05, 0.1) is 5.92 Å². The second-order valence-electron chi connectivity index (χ2n) is 6.12. The summed E-state index contributed by atoms with van der Waals surface area (Å²) in [6, 6.07) is 7.60. The van der Waals surface area contributed by atoms with E-state index in [-0.39, 0.29) is 18.3 Å². The van der Waals surface area contributed by atoms with Gasteiger partial charge in [0.25, 0.3) is 5.91 Å². The van der Waals surface area contributed by atoms with Gasteiger partial charge in [-0.1, -0.05) is 12.1 Å². The lowest BCUT2D eigenvalue weighted by Gasteiger charge is -2.14. The number of primary amides is 1. The highest BCUT2D eigenvalue weighted by Gasteiger charge is 2.26. The number of hydrogen-bond donors (Lipinski definition) is 3. The first-order valence-electron chi connectivity index (χ1n) is 7.90. The molecule has 0 radical (unpaired) electrons. The smallest absolute Gasteiger partial charge is 0.271 e. The third kappa shape index (κ3) is 3.98. The highest BCUT2D eigenvalue weighted by Crippen LogP contribution is 2.38. The first kappa shape index (κ1) is 16.2. The van der Waals surface area contributed by atoms with Crippen LogP contribution in [0.15, 0.2) is 30.3 Å². The van der Waals surface area contributed by atoms with Gasteiger partial charge in [-0.2, -0.15) is 5.10 Å². The number of nitrogens with two attached hydrogens (primary N) is 1. The molecule has 4 N–H and O–H groups in total. The van der Waals surface area contributed by atoms with Gasteiger partial charge in [-0.25, -0.2) is 4.39 Å². The number of benzene rings is 1. The topological polar surface area (TPSA) is 101 Å². The van der Waals surface area contributed by atoms with Crippen molar-refractivity contribution in [1.29, 1.82) is 0 Å². The van der Waals surface area contributed by atoms with Crippen LogP contribution in [0.25, 0.3) is 0 Å². The minimum Gasteiger partial charge on any atom is -0.369 e. The van der Waals surface area contributed by atoms with Crippen molar-refractivity contribution in [1.82, 2.24) is 15.5 Å². The second-order valence-corrected chi connectivity index (χ2v) is 6.12. The molecule has 1 atom stereocenters. The number of H-pyrrole nitrogens is 1. The molecule has 2 amide bonds. The molecule has 0 aliphatic heterocycles. The van der Waals surface area contributed by atoms with Crippen molar-refractivity contribution in [2.75, 3.05) is 6.54 Å². The van der Waals surface area contributed by atoms with Crippen LogP contribution in [-0.2, 0) is 11.2 Å². The number of halogens is 1. The number of carbonyl (C=O) groups is 2. The fraction of sp³-hybridized carbons (Fsp3) is 0.353. The van der Waals surface area contributed by atoms with Crippen molar-refractivity contribution >= 4 is 11.8 Å². The summed E-state index contributed by atoms with van der Waals surface area (Å²) in [5.41, 5.74) is 7.47. The van der Waals surface area contributed by atoms with E-state index >= 15 is 0 Å². The van der Waals surface area contributed by atoms with E-state index in [1.165, 1.54) is 12.1 Å². The Morgan fingerprint density at radius 2 is 2.04 bits per heavy atom. The van der Waals surface area contributed by atoms with Crippen LogP contribution in [0, 0.1) is 11.7 Å². The van der Waals surface area contributed by atoms with Gasteiger partial charge in [0, 0.05) is 18.2 Å². The van der Waals surface area contributed by atoms with Crippen molar-refractivity contribution in [3.05, 3.63) is 53.1 Å². The maximum absolute atomic E-state index is 12.9. The van der Waals surface area contributed by atoms with Gasteiger partial charge < -0.3 is 11.1 Å². The van der Waals surface area contributed by atoms with E-state index < -0.39 is 11.8 Å². The average molecular weight is 330 g/mol. The molecule has 0 bridgehead atoms. The van der Waals surface area contributed by atoms with E-state index in [0.29, 0.717) is 18.0 Å². The zero-order chi connectivity index (χ0) is 17.1. The lowest BCUT2D eigenvalue weighted by atomic mass is 9.98. The molecular formula is C17H19FN4O2. The van der Waals surface area contributed by atoms with E-state index in [0.717, 1.165) is 24.1 Å². The Labute approximate surface area is 138 Å². The number of amides is 2. The van der Waals surface area contributed by atoms with Gasteiger partial charge in [-0.3, -0.25) is 14.7 Å². The van der Waals surface area contributed by atoms with E-state index in [4.69, 9.17) is 5.73 Å². The molecule has 6 nitrogen and oxygen atoms in total. The van der Waals surface area contributed by atoms with Crippen LogP contribution >= 0.6 is 0 Å². The Hall–Kier alpha value is -2.70. The third-order valence-electron chi connectivity index (χ3n) is 4.15. The lowest BCUT2D eigenvalue weighted by Crippen LogP contribution is -2.37. The van der Waals surface area contributed by atoms with E-state index in [2.05, 4.69) is 15.5 Å². The summed E-state index contributed by atoms with van der Waals surface area (Å²) in [7, 11) is 0. The summed E-state index contributed by atoms with van der Waals surface area (Å²) < 4.78 is 12.9. The van der Waals surface area contributed by atoms with Crippen molar-refractivity contribution in [2.45, 2.75) is 25.2 Å². The first-order chi connectivity index (χ1) is 11.5. The summed E-state index contributed by atoms with van der Waals surface area (Å²) in [4.78, 5) is 23.7. The van der Waals surface area contributed by atoms with Crippen LogP contribution in [-0.4, -0.2) is 28.6 Å². The van der Waals surface area contributed by atoms with Gasteiger partial charge in [0.15, 0.2) is 0 Å². The number of carbonyl (C=O) groups excluding carboxylic acids is 2. The fourth-order valence-corrected chi connectivity index (χ4v) is 2.54. The normalized spacial score (nSPS) is 15.0. The maximum Gasteiger partial charge on any atom is 0.271 e. The average Bonchev–Trinajstić information content (AvgIpc) is 3.29. The number of hydrogen-bond acceptors (Lipinski definition) is 3. The fourth-order valence-electron chi connectivity index (χ4n) is 2.54. The Balaban J connectivity index is 1.57. The highest BCUT2D eigenvalue weighted by atomic mass is 19.1. The number of aromatic amines is 1. The molecule has 1 heterocycles. The number of nitrogens with zero attached hydrogens (tertiary/aromatic N) is 1. The number of nitrogens with one attached hydrogen (secondary N) is 2. The molecule has 3 rings (SSSR count). The Morgan fingerprint density at radius 3 is 2.67 bits per heavy atom. The monoisotopic (exact) mass is 330 g/mol. The van der Waals surface area contributed by atoms with Crippen molar-refractivity contribution in [3.8, 4) is 0 Å². The van der Waals surface area contributed by atoms with Crippen molar-refractivity contribution in [2.24, 2.45) is 11.7 Å². The van der Waals surface area contributed by atoms with Gasteiger partial charge >= 0.3 is 0 Å². The summed E-state index contributed by atoms with van der Waals surface area (Å²) in [6.45, 7) is 0.108. The third-order valence-corrected chi connectivity index (χ3v) is 4.15. The molecule has 1 aliphatic rings. The summed E-state index contributed by atoms with van der Waals surface area (Å²) in [6.07, 6.45) is 2.57. The molecule has 1 aromatic carbocycles. The van der Waals surface area contributed by atoms with Gasteiger partial charge in [0.2, 0.25) is 5.91 Å². The number of rotatable bonds is 7. The van der Waals surface area contributed by atoms with Crippen molar-refractivity contribution in [3.63, 3.8) is 0 Å². The van der Waals surface area contributed by atoms with E-state index in [1.807, 2.05) is 0 Å². The predicted octanol–water partition coefficient (Wildman–Crippen LogP) is 1.50. The van der Waals surface area contributed by atoms with Crippen LogP contribution in [0.4, 0.5) is 4.39 Å². The molecule has 0 spiro atoms. The summed E-state index contributed by atoms with van der Waals surface area (Å²) >= 11 is 0. The van der Waals surface area contributed by atoms with Gasteiger partial charge in [-0.05, 0) is 43.0 Å². The number of aromatic nitrogens is 2. The first-order valence-corrected chi connectivity index (χ1v) is 7.90. The maximum atomic E-state index is 12.9. The molecule has 7 heteroatoms. The molecule has 1 saturated carbocycles. The molecule has 2 aromatic rings. The lowest BCUT2D eigenvalue weighted by molar-refractivity contribution is -0.121. The minimum absolute atomic E-state index is 0.108. The predicted molar refractivity (Wildman–Crippen MR) is 85.7 cm³/mol. The molecule has 1 aliphatic carbocycles. The highest BCUT2D eigenvalue weighted by molar-refractivity contribution is 5.92. The SMILES string of the molecule is NC(=O)[C@H](CNC(=O)c1cc(C2CC2)[nH]n1)Cc1ccc(F)cc1. The Kier molecular flexibility index (Phi) is 4.59. The molecule has 1 aromatic heterocycles.